The molecule has 1 N–H and O–H groups in total. The minimum Gasteiger partial charge on any atom is -0.467 e. The van der Waals surface area contributed by atoms with E-state index in [9.17, 15) is 9.59 Å². The lowest BCUT2D eigenvalue weighted by Gasteiger charge is -2.22. The molecular weight excluding hydrogens is 368 g/mol. The van der Waals surface area contributed by atoms with E-state index in [1.165, 1.54) is 0 Å². The highest BCUT2D eigenvalue weighted by Crippen LogP contribution is 2.31. The number of nitrogens with one attached hydrogen (secondary N) is 1. The van der Waals surface area contributed by atoms with E-state index in [2.05, 4.69) is 5.32 Å². The number of esters is 1. The van der Waals surface area contributed by atoms with Gasteiger partial charge in [-0.3, -0.25) is 4.79 Å². The molecule has 2 heterocycles. The zero-order chi connectivity index (χ0) is 20.2. The van der Waals surface area contributed by atoms with Gasteiger partial charge >= 0.3 is 5.97 Å². The number of anilines is 2. The maximum absolute atomic E-state index is 12.7. The zero-order valence-corrected chi connectivity index (χ0v) is 16.1. The molecule has 2 aromatic carbocycles. The van der Waals surface area contributed by atoms with E-state index >= 15 is 0 Å². The van der Waals surface area contributed by atoms with Gasteiger partial charge in [-0.25, -0.2) is 4.79 Å². The topological polar surface area (TPSA) is 71.8 Å². The van der Waals surface area contributed by atoms with Gasteiger partial charge in [0.2, 0.25) is 0 Å². The van der Waals surface area contributed by atoms with Crippen LogP contribution in [-0.4, -0.2) is 24.5 Å². The molecule has 0 saturated carbocycles. The molecule has 1 atom stereocenters. The number of hydrogen-bond donors (Lipinski definition) is 1. The molecule has 0 unspecified atom stereocenters. The van der Waals surface area contributed by atoms with Crippen LogP contribution in [0.1, 0.15) is 28.6 Å². The number of fused-ring (bicyclic) bond motifs is 1. The van der Waals surface area contributed by atoms with Crippen molar-refractivity contribution in [1.29, 1.82) is 0 Å². The summed E-state index contributed by atoms with van der Waals surface area (Å²) in [4.78, 5) is 27.1. The Morgan fingerprint density at radius 2 is 1.90 bits per heavy atom. The molecule has 1 amide bonds. The Bertz CT molecular complexity index is 1010. The first-order chi connectivity index (χ1) is 14.1. The lowest BCUT2D eigenvalue weighted by atomic mass is 10.1. The van der Waals surface area contributed by atoms with E-state index < -0.39 is 5.97 Å². The molecule has 0 saturated heterocycles. The molecule has 1 aromatic heterocycles. The van der Waals surface area contributed by atoms with E-state index in [1.54, 1.807) is 35.4 Å². The van der Waals surface area contributed by atoms with Gasteiger partial charge in [0.15, 0.2) is 6.61 Å². The first-order valence-electron chi connectivity index (χ1n) is 9.56. The average molecular weight is 390 g/mol. The van der Waals surface area contributed by atoms with Gasteiger partial charge in [0.1, 0.15) is 5.76 Å². The van der Waals surface area contributed by atoms with Gasteiger partial charge in [-0.05, 0) is 49.2 Å². The first kappa shape index (κ1) is 18.8. The predicted octanol–water partition coefficient (Wildman–Crippen LogP) is 4.03. The minimum atomic E-state index is -0.541. The largest absolute Gasteiger partial charge is 0.467 e. The van der Waals surface area contributed by atoms with Crippen LogP contribution >= 0.6 is 0 Å². The fourth-order valence-corrected chi connectivity index (χ4v) is 3.63. The fourth-order valence-electron chi connectivity index (χ4n) is 3.63. The third kappa shape index (κ3) is 4.01. The number of amides is 1. The van der Waals surface area contributed by atoms with Crippen LogP contribution in [0.5, 0.6) is 0 Å². The Kier molecular flexibility index (Phi) is 5.33. The number of carbonyl (C=O) groups excluding carboxylic acids is 2. The lowest BCUT2D eigenvalue weighted by Crippen LogP contribution is -2.38. The SMILES string of the molecule is C[C@H]1Cc2ccccc2N1C(=O)COC(=O)c1ccccc1NCc1ccco1. The summed E-state index contributed by atoms with van der Waals surface area (Å²) >= 11 is 0. The maximum atomic E-state index is 12.7. The number of hydrogen-bond acceptors (Lipinski definition) is 5. The van der Waals surface area contributed by atoms with Crippen molar-refractivity contribution in [3.8, 4) is 0 Å². The monoisotopic (exact) mass is 390 g/mol. The molecule has 1 aliphatic rings. The van der Waals surface area contributed by atoms with Crippen LogP contribution < -0.4 is 10.2 Å². The minimum absolute atomic E-state index is 0.0425. The molecular formula is C23H22N2O4. The molecule has 6 nitrogen and oxygen atoms in total. The summed E-state index contributed by atoms with van der Waals surface area (Å²) in [6.45, 7) is 2.13. The average Bonchev–Trinajstić information content (AvgIpc) is 3.37. The molecule has 6 heteroatoms. The highest BCUT2D eigenvalue weighted by molar-refractivity contribution is 6.00. The molecule has 3 aromatic rings. The summed E-state index contributed by atoms with van der Waals surface area (Å²) in [5, 5.41) is 3.17. The molecule has 148 valence electrons. The lowest BCUT2D eigenvalue weighted by molar-refractivity contribution is -0.122. The van der Waals surface area contributed by atoms with E-state index in [0.717, 1.165) is 23.4 Å². The number of rotatable bonds is 6. The Morgan fingerprint density at radius 1 is 1.10 bits per heavy atom. The van der Waals surface area contributed by atoms with E-state index in [0.29, 0.717) is 17.8 Å². The number of nitrogens with zero attached hydrogens (tertiary/aromatic N) is 1. The van der Waals surface area contributed by atoms with Crippen LogP contribution in [-0.2, 0) is 22.5 Å². The van der Waals surface area contributed by atoms with Crippen molar-refractivity contribution in [3.05, 3.63) is 83.8 Å². The van der Waals surface area contributed by atoms with Crippen molar-refractivity contribution in [1.82, 2.24) is 0 Å². The second-order valence-corrected chi connectivity index (χ2v) is 7.00. The molecule has 4 rings (SSSR count). The smallest absolute Gasteiger partial charge is 0.340 e. The van der Waals surface area contributed by atoms with Crippen LogP contribution in [0.25, 0.3) is 0 Å². The van der Waals surface area contributed by atoms with Crippen molar-refractivity contribution < 1.29 is 18.7 Å². The van der Waals surface area contributed by atoms with Crippen molar-refractivity contribution >= 4 is 23.3 Å². The third-order valence-corrected chi connectivity index (χ3v) is 4.98. The molecule has 29 heavy (non-hydrogen) atoms. The van der Waals surface area contributed by atoms with Crippen LogP contribution in [0.3, 0.4) is 0 Å². The highest BCUT2D eigenvalue weighted by atomic mass is 16.5. The van der Waals surface area contributed by atoms with Gasteiger partial charge in [0, 0.05) is 17.4 Å². The normalized spacial score (nSPS) is 15.1. The summed E-state index contributed by atoms with van der Waals surface area (Å²) in [6.07, 6.45) is 2.40. The maximum Gasteiger partial charge on any atom is 0.340 e. The van der Waals surface area contributed by atoms with E-state index in [-0.39, 0.29) is 18.6 Å². The summed E-state index contributed by atoms with van der Waals surface area (Å²) in [7, 11) is 0. The third-order valence-electron chi connectivity index (χ3n) is 4.98. The van der Waals surface area contributed by atoms with Crippen molar-refractivity contribution in [3.63, 3.8) is 0 Å². The van der Waals surface area contributed by atoms with Crippen LogP contribution in [0.15, 0.2) is 71.3 Å². The molecule has 1 aliphatic heterocycles. The van der Waals surface area contributed by atoms with Crippen LogP contribution in [0.2, 0.25) is 0 Å². The Labute approximate surface area is 169 Å². The summed E-state index contributed by atoms with van der Waals surface area (Å²) in [5.41, 5.74) is 3.02. The van der Waals surface area contributed by atoms with Gasteiger partial charge in [-0.2, -0.15) is 0 Å². The molecule has 0 aliphatic carbocycles. The second-order valence-electron chi connectivity index (χ2n) is 7.00. The number of ether oxygens (including phenoxy) is 1. The fraction of sp³-hybridized carbons (Fsp3) is 0.217. The predicted molar refractivity (Wildman–Crippen MR) is 110 cm³/mol. The van der Waals surface area contributed by atoms with E-state index in [1.807, 2.05) is 43.3 Å². The number of para-hydroxylation sites is 2. The molecule has 0 spiro atoms. The number of carbonyl (C=O) groups is 2. The molecule has 0 bridgehead atoms. The molecule has 0 fully saturated rings. The van der Waals surface area contributed by atoms with Crippen molar-refractivity contribution in [2.24, 2.45) is 0 Å². The van der Waals surface area contributed by atoms with Gasteiger partial charge in [-0.1, -0.05) is 30.3 Å². The van der Waals surface area contributed by atoms with Gasteiger partial charge in [0.25, 0.3) is 5.91 Å². The standard InChI is InChI=1S/C23H22N2O4/c1-16-13-17-7-2-5-11-21(17)25(16)22(26)15-29-23(27)19-9-3-4-10-20(19)24-14-18-8-6-12-28-18/h2-12,16,24H,13-15H2,1H3/t16-/m0/s1. The van der Waals surface area contributed by atoms with Crippen molar-refractivity contribution in [2.45, 2.75) is 25.9 Å². The van der Waals surface area contributed by atoms with Gasteiger partial charge < -0.3 is 19.4 Å². The number of furan rings is 1. The van der Waals surface area contributed by atoms with Crippen LogP contribution in [0, 0.1) is 0 Å². The first-order valence-corrected chi connectivity index (χ1v) is 9.56. The highest BCUT2D eigenvalue weighted by Gasteiger charge is 2.31. The quantitative estimate of drug-likeness (QED) is 0.644. The number of benzene rings is 2. The Morgan fingerprint density at radius 3 is 2.72 bits per heavy atom. The van der Waals surface area contributed by atoms with Crippen LogP contribution in [0.4, 0.5) is 11.4 Å². The summed E-state index contributed by atoms with van der Waals surface area (Å²) < 4.78 is 10.7. The molecule has 0 radical (unpaired) electrons. The van der Waals surface area contributed by atoms with Gasteiger partial charge in [0.05, 0.1) is 18.4 Å². The second kappa shape index (κ2) is 8.22. The zero-order valence-electron chi connectivity index (χ0n) is 16.1. The summed E-state index contributed by atoms with van der Waals surface area (Å²) in [5.74, 6) is -0.0112. The Hall–Kier alpha value is -3.54. The van der Waals surface area contributed by atoms with Gasteiger partial charge in [-0.15, -0.1) is 0 Å². The Balaban J connectivity index is 1.41. The summed E-state index contributed by atoms with van der Waals surface area (Å²) in [6, 6.07) is 18.6. The van der Waals surface area contributed by atoms with E-state index in [4.69, 9.17) is 9.15 Å². The van der Waals surface area contributed by atoms with Crippen molar-refractivity contribution in [2.75, 3.05) is 16.8 Å².